The molecule has 0 unspecified atom stereocenters. The molecule has 0 saturated carbocycles. The van der Waals surface area contributed by atoms with Crippen LogP contribution in [0.25, 0.3) is 0 Å². The number of nitrogens with two attached hydrogens (primary N) is 2. The molecule has 0 radical (unpaired) electrons. The average Bonchev–Trinajstić information content (AvgIpc) is 1.35. The molecule has 0 rings (SSSR count). The van der Waals surface area contributed by atoms with E-state index in [1.54, 1.807) is 0 Å². The van der Waals surface area contributed by atoms with E-state index in [2.05, 4.69) is 0 Å². The molecule has 0 spiro atoms. The summed E-state index contributed by atoms with van der Waals surface area (Å²) in [5, 5.41) is 0. The molecule has 0 aromatic heterocycles. The summed E-state index contributed by atoms with van der Waals surface area (Å²) in [5.74, 6) is 0. The zero-order chi connectivity index (χ0) is 5.21. The van der Waals surface area contributed by atoms with Crippen LogP contribution in [0, 0.1) is 0 Å². The lowest BCUT2D eigenvalue weighted by Crippen LogP contribution is -2.11. The Morgan fingerprint density at radius 3 is 1.67 bits per heavy atom. The fraction of sp³-hybridized carbons (Fsp3) is 1.00. The summed E-state index contributed by atoms with van der Waals surface area (Å²) < 4.78 is 0. The second kappa shape index (κ2) is 1.87. The zero-order valence-corrected chi connectivity index (χ0v) is 5.20. The van der Waals surface area contributed by atoms with E-state index < -0.39 is 7.41 Å². The smallest absolute Gasteiger partial charge is 0.121 e. The van der Waals surface area contributed by atoms with E-state index in [0.717, 1.165) is 0 Å². The molecule has 2 nitrogen and oxygen atoms in total. The third-order valence-corrected chi connectivity index (χ3v) is 1.41. The Hall–Kier alpha value is 0.350. The molecule has 0 amide bonds. The maximum atomic E-state index is 5.52. The van der Waals surface area contributed by atoms with E-state index >= 15 is 0 Å². The molecule has 4 N–H and O–H groups in total. The summed E-state index contributed by atoms with van der Waals surface area (Å²) in [5.41, 5.74) is 10.8. The van der Waals surface area contributed by atoms with Gasteiger partial charge in [-0.1, -0.05) is 0 Å². The van der Waals surface area contributed by atoms with Gasteiger partial charge in [-0.25, -0.2) is 5.50 Å². The number of hydrogen-bond acceptors (Lipinski definition) is 2. The summed E-state index contributed by atoms with van der Waals surface area (Å²) in [6, 6.07) is 0. The van der Waals surface area contributed by atoms with Crippen molar-refractivity contribution in [3.8, 4) is 0 Å². The monoisotopic (exact) mass is 107 g/mol. The summed E-state index contributed by atoms with van der Waals surface area (Å²) in [6.45, 7) is 4.01. The Labute approximate surface area is 39.3 Å². The maximum Gasteiger partial charge on any atom is 0.121 e. The van der Waals surface area contributed by atoms with Crippen LogP contribution in [0.5, 0.6) is 0 Å². The molecule has 0 aliphatic carbocycles. The van der Waals surface area contributed by atoms with Crippen LogP contribution in [-0.4, -0.2) is 19.6 Å². The average molecular weight is 107 g/mol. The van der Waals surface area contributed by atoms with Crippen molar-refractivity contribution in [2.45, 2.75) is 0 Å². The van der Waals surface area contributed by atoms with Gasteiger partial charge in [0.2, 0.25) is 0 Å². The lowest BCUT2D eigenvalue weighted by molar-refractivity contribution is 1.34. The molecule has 0 heterocycles. The first-order valence-electron chi connectivity index (χ1n) is 1.88. The molecule has 0 saturated heterocycles. The summed E-state index contributed by atoms with van der Waals surface area (Å²) in [7, 11) is -1.12. The lowest BCUT2D eigenvalue weighted by atomic mass is 11.5. The fourth-order valence-electron chi connectivity index (χ4n) is 0. The molecule has 0 aliphatic rings. The van der Waals surface area contributed by atoms with E-state index in [4.69, 9.17) is 11.2 Å². The molecule has 6 heavy (non-hydrogen) atoms. The third-order valence-electron chi connectivity index (χ3n) is 0.471. The van der Waals surface area contributed by atoms with Crippen molar-refractivity contribution >= 4 is 7.41 Å². The van der Waals surface area contributed by atoms with Crippen LogP contribution >= 0.6 is 7.41 Å². The minimum Gasteiger partial charge on any atom is -0.298 e. The standard InChI is InChI=1S/C3H12N2P/c1-6(2,5)3-4/h3-5H2,1-2H3/q+1. The highest BCUT2D eigenvalue weighted by molar-refractivity contribution is 7.72. The van der Waals surface area contributed by atoms with E-state index in [0.29, 0.717) is 6.29 Å². The molecule has 0 fully saturated rings. The summed E-state index contributed by atoms with van der Waals surface area (Å²) in [6.07, 6.45) is 0.660. The van der Waals surface area contributed by atoms with Crippen molar-refractivity contribution in [3.05, 3.63) is 0 Å². The second-order valence-electron chi connectivity index (χ2n) is 1.96. The van der Waals surface area contributed by atoms with Gasteiger partial charge in [-0.05, 0) is 0 Å². The van der Waals surface area contributed by atoms with Crippen molar-refractivity contribution in [2.24, 2.45) is 11.2 Å². The van der Waals surface area contributed by atoms with Gasteiger partial charge in [0.15, 0.2) is 0 Å². The first kappa shape index (κ1) is 6.35. The van der Waals surface area contributed by atoms with E-state index in [9.17, 15) is 0 Å². The van der Waals surface area contributed by atoms with Crippen LogP contribution in [-0.2, 0) is 0 Å². The Morgan fingerprint density at radius 2 is 1.67 bits per heavy atom. The third kappa shape index (κ3) is 4.35. The highest BCUT2D eigenvalue weighted by atomic mass is 31.2. The zero-order valence-electron chi connectivity index (χ0n) is 4.31. The molecule has 0 aromatic rings. The predicted molar refractivity (Wildman–Crippen MR) is 32.0 cm³/mol. The van der Waals surface area contributed by atoms with Crippen LogP contribution in [0.1, 0.15) is 0 Å². The Morgan fingerprint density at radius 1 is 1.50 bits per heavy atom. The van der Waals surface area contributed by atoms with Gasteiger partial charge in [0.25, 0.3) is 0 Å². The quantitative estimate of drug-likeness (QED) is 0.465. The Bertz CT molecular complexity index is 38.5. The molecular weight excluding hydrogens is 95.0 g/mol. The van der Waals surface area contributed by atoms with Crippen molar-refractivity contribution < 1.29 is 0 Å². The molecular formula is C3H12N2P+. The van der Waals surface area contributed by atoms with Crippen LogP contribution < -0.4 is 11.2 Å². The maximum absolute atomic E-state index is 5.52. The van der Waals surface area contributed by atoms with Crippen LogP contribution in [0.4, 0.5) is 0 Å². The Kier molecular flexibility index (Phi) is 1.98. The van der Waals surface area contributed by atoms with Gasteiger partial charge in [-0.3, -0.25) is 5.73 Å². The van der Waals surface area contributed by atoms with Gasteiger partial charge in [0.1, 0.15) is 6.29 Å². The van der Waals surface area contributed by atoms with Crippen molar-refractivity contribution in [2.75, 3.05) is 19.6 Å². The lowest BCUT2D eigenvalue weighted by Gasteiger charge is -2.04. The minimum absolute atomic E-state index is 0.660. The highest BCUT2D eigenvalue weighted by Gasteiger charge is 2.12. The predicted octanol–water partition coefficient (Wildman–Crippen LogP) is 0.0535. The SMILES string of the molecule is C[P+](C)(N)CN. The summed E-state index contributed by atoms with van der Waals surface area (Å²) >= 11 is 0. The van der Waals surface area contributed by atoms with Crippen molar-refractivity contribution in [1.29, 1.82) is 0 Å². The number of hydrogen-bond donors (Lipinski definition) is 2. The van der Waals surface area contributed by atoms with Gasteiger partial charge in [0, 0.05) is 0 Å². The van der Waals surface area contributed by atoms with E-state index in [1.165, 1.54) is 0 Å². The minimum atomic E-state index is -1.12. The number of rotatable bonds is 1. The summed E-state index contributed by atoms with van der Waals surface area (Å²) in [4.78, 5) is 0. The molecule has 0 atom stereocenters. The topological polar surface area (TPSA) is 52.0 Å². The first-order chi connectivity index (χ1) is 2.56. The van der Waals surface area contributed by atoms with Gasteiger partial charge >= 0.3 is 0 Å². The molecule has 38 valence electrons. The molecule has 0 aromatic carbocycles. The largest absolute Gasteiger partial charge is 0.298 e. The molecule has 3 heteroatoms. The van der Waals surface area contributed by atoms with Gasteiger partial charge < -0.3 is 0 Å². The van der Waals surface area contributed by atoms with Crippen LogP contribution in [0.2, 0.25) is 0 Å². The second-order valence-corrected chi connectivity index (χ2v) is 5.88. The van der Waals surface area contributed by atoms with E-state index in [1.807, 2.05) is 13.3 Å². The first-order valence-corrected chi connectivity index (χ1v) is 4.81. The molecule has 0 aliphatic heterocycles. The van der Waals surface area contributed by atoms with Crippen LogP contribution in [0.3, 0.4) is 0 Å². The van der Waals surface area contributed by atoms with Crippen molar-refractivity contribution in [1.82, 2.24) is 0 Å². The van der Waals surface area contributed by atoms with Gasteiger partial charge in [0.05, 0.1) is 20.7 Å². The van der Waals surface area contributed by atoms with Gasteiger partial charge in [-0.15, -0.1) is 0 Å². The van der Waals surface area contributed by atoms with Crippen molar-refractivity contribution in [3.63, 3.8) is 0 Å². The normalized spacial score (nSPS) is 12.0. The highest BCUT2D eigenvalue weighted by Crippen LogP contribution is 2.37. The molecule has 0 bridgehead atoms. The van der Waals surface area contributed by atoms with Gasteiger partial charge in [-0.2, -0.15) is 0 Å². The Balaban J connectivity index is 3.17. The van der Waals surface area contributed by atoms with E-state index in [-0.39, 0.29) is 0 Å². The van der Waals surface area contributed by atoms with Crippen LogP contribution in [0.15, 0.2) is 0 Å². The fourth-order valence-corrected chi connectivity index (χ4v) is 0.